The monoisotopic (exact) mass is 340 g/mol. The third-order valence-corrected chi connectivity index (χ3v) is 4.62. The lowest BCUT2D eigenvalue weighted by Gasteiger charge is -2.22. The molecule has 26 heavy (non-hydrogen) atoms. The molecule has 4 rings (SSSR count). The van der Waals surface area contributed by atoms with Gasteiger partial charge >= 0.3 is 0 Å². The van der Waals surface area contributed by atoms with E-state index < -0.39 is 6.10 Å². The largest absolute Gasteiger partial charge is 0.387 e. The Morgan fingerprint density at radius 1 is 0.692 bits per heavy atom. The molecule has 3 nitrogen and oxygen atoms in total. The third-order valence-electron chi connectivity index (χ3n) is 4.62. The maximum Gasteiger partial charge on any atom is 0.0923 e. The van der Waals surface area contributed by atoms with E-state index in [4.69, 9.17) is 0 Å². The molecule has 0 aliphatic carbocycles. The van der Waals surface area contributed by atoms with Crippen molar-refractivity contribution in [1.82, 2.24) is 10.2 Å². The summed E-state index contributed by atoms with van der Waals surface area (Å²) in [5.41, 5.74) is 4.76. The SMILES string of the molecule is O[C@@H](c1ccccc1)[C@@H](c1ccccc1)c1cc(-c2ccccc2)n[nH]1. The molecule has 0 fully saturated rings. The van der Waals surface area contributed by atoms with E-state index >= 15 is 0 Å². The molecular weight excluding hydrogens is 320 g/mol. The molecule has 0 bridgehead atoms. The van der Waals surface area contributed by atoms with E-state index in [0.29, 0.717) is 0 Å². The van der Waals surface area contributed by atoms with Gasteiger partial charge in [-0.05, 0) is 17.2 Å². The van der Waals surface area contributed by atoms with Crippen molar-refractivity contribution in [3.8, 4) is 11.3 Å². The number of nitrogens with zero attached hydrogens (tertiary/aromatic N) is 1. The second-order valence-corrected chi connectivity index (χ2v) is 6.32. The van der Waals surface area contributed by atoms with Crippen LogP contribution < -0.4 is 0 Å². The number of H-pyrrole nitrogens is 1. The molecule has 3 heteroatoms. The summed E-state index contributed by atoms with van der Waals surface area (Å²) in [4.78, 5) is 0. The Bertz CT molecular complexity index is 949. The van der Waals surface area contributed by atoms with E-state index in [2.05, 4.69) is 10.2 Å². The second-order valence-electron chi connectivity index (χ2n) is 6.32. The molecule has 4 aromatic rings. The van der Waals surface area contributed by atoms with Gasteiger partial charge in [-0.1, -0.05) is 91.0 Å². The quantitative estimate of drug-likeness (QED) is 0.540. The Balaban J connectivity index is 1.76. The van der Waals surface area contributed by atoms with Crippen molar-refractivity contribution in [3.63, 3.8) is 0 Å². The molecular formula is C23H20N2O. The molecule has 0 spiro atoms. The van der Waals surface area contributed by atoms with Crippen molar-refractivity contribution < 1.29 is 5.11 Å². The lowest BCUT2D eigenvalue weighted by molar-refractivity contribution is 0.157. The molecule has 0 radical (unpaired) electrons. The van der Waals surface area contributed by atoms with Gasteiger partial charge in [0.2, 0.25) is 0 Å². The lowest BCUT2D eigenvalue weighted by atomic mass is 9.86. The van der Waals surface area contributed by atoms with Crippen molar-refractivity contribution in [1.29, 1.82) is 0 Å². The molecule has 0 unspecified atom stereocenters. The first-order valence-corrected chi connectivity index (χ1v) is 8.71. The summed E-state index contributed by atoms with van der Waals surface area (Å²) in [6.07, 6.45) is -0.664. The van der Waals surface area contributed by atoms with E-state index in [0.717, 1.165) is 28.1 Å². The van der Waals surface area contributed by atoms with Crippen LogP contribution in [-0.4, -0.2) is 15.3 Å². The van der Waals surface area contributed by atoms with Gasteiger partial charge in [-0.25, -0.2) is 0 Å². The van der Waals surface area contributed by atoms with Crippen LogP contribution in [0.2, 0.25) is 0 Å². The van der Waals surface area contributed by atoms with E-state index in [-0.39, 0.29) is 5.92 Å². The van der Waals surface area contributed by atoms with Gasteiger partial charge < -0.3 is 5.11 Å². The van der Waals surface area contributed by atoms with Crippen molar-refractivity contribution in [3.05, 3.63) is 114 Å². The summed E-state index contributed by atoms with van der Waals surface area (Å²) in [5.74, 6) is -0.219. The molecule has 0 saturated carbocycles. The number of nitrogens with one attached hydrogen (secondary N) is 1. The molecule has 0 aliphatic rings. The summed E-state index contributed by atoms with van der Waals surface area (Å²) < 4.78 is 0. The van der Waals surface area contributed by atoms with E-state index in [1.54, 1.807) is 0 Å². The van der Waals surface area contributed by atoms with Crippen molar-refractivity contribution in [2.24, 2.45) is 0 Å². The van der Waals surface area contributed by atoms with Crippen LogP contribution in [0.4, 0.5) is 0 Å². The second kappa shape index (κ2) is 7.38. The number of aromatic amines is 1. The van der Waals surface area contributed by atoms with E-state index in [9.17, 15) is 5.11 Å². The minimum atomic E-state index is -0.664. The average Bonchev–Trinajstić information content (AvgIpc) is 3.20. The van der Waals surface area contributed by atoms with Crippen LogP contribution in [0.15, 0.2) is 97.1 Å². The van der Waals surface area contributed by atoms with Crippen LogP contribution in [0.3, 0.4) is 0 Å². The number of aliphatic hydroxyl groups excluding tert-OH is 1. The van der Waals surface area contributed by atoms with E-state index in [1.165, 1.54) is 0 Å². The van der Waals surface area contributed by atoms with Gasteiger partial charge in [0, 0.05) is 11.3 Å². The highest BCUT2D eigenvalue weighted by atomic mass is 16.3. The molecule has 2 atom stereocenters. The molecule has 3 aromatic carbocycles. The Morgan fingerprint density at radius 3 is 1.85 bits per heavy atom. The summed E-state index contributed by atoms with van der Waals surface area (Å²) in [7, 11) is 0. The normalized spacial score (nSPS) is 13.3. The van der Waals surface area contributed by atoms with Crippen LogP contribution in [0, 0.1) is 0 Å². The van der Waals surface area contributed by atoms with Gasteiger partial charge in [-0.15, -0.1) is 0 Å². The first-order valence-electron chi connectivity index (χ1n) is 8.71. The predicted molar refractivity (Wildman–Crippen MR) is 104 cm³/mol. The van der Waals surface area contributed by atoms with Gasteiger partial charge in [0.25, 0.3) is 0 Å². The van der Waals surface area contributed by atoms with Gasteiger partial charge in [0.05, 0.1) is 17.7 Å². The zero-order chi connectivity index (χ0) is 17.8. The summed E-state index contributed by atoms with van der Waals surface area (Å²) in [6.45, 7) is 0. The Hall–Kier alpha value is -3.17. The molecule has 0 aliphatic heterocycles. The summed E-state index contributed by atoms with van der Waals surface area (Å²) in [5, 5.41) is 18.7. The van der Waals surface area contributed by atoms with E-state index in [1.807, 2.05) is 97.1 Å². The zero-order valence-electron chi connectivity index (χ0n) is 14.3. The number of rotatable bonds is 5. The zero-order valence-corrected chi connectivity index (χ0v) is 14.3. The summed E-state index contributed by atoms with van der Waals surface area (Å²) in [6, 6.07) is 31.9. The van der Waals surface area contributed by atoms with Crippen LogP contribution in [0.1, 0.15) is 28.8 Å². The van der Waals surface area contributed by atoms with Crippen LogP contribution in [-0.2, 0) is 0 Å². The highest BCUT2D eigenvalue weighted by Gasteiger charge is 2.26. The first kappa shape index (κ1) is 16.3. The van der Waals surface area contributed by atoms with Gasteiger partial charge in [0.15, 0.2) is 0 Å². The van der Waals surface area contributed by atoms with Crippen molar-refractivity contribution in [2.45, 2.75) is 12.0 Å². The molecule has 128 valence electrons. The topological polar surface area (TPSA) is 48.9 Å². The number of aliphatic hydroxyl groups is 1. The van der Waals surface area contributed by atoms with Gasteiger partial charge in [0.1, 0.15) is 0 Å². The molecule has 1 aromatic heterocycles. The minimum Gasteiger partial charge on any atom is -0.387 e. The van der Waals surface area contributed by atoms with Crippen molar-refractivity contribution >= 4 is 0 Å². The minimum absolute atomic E-state index is 0.219. The fourth-order valence-electron chi connectivity index (χ4n) is 3.29. The smallest absolute Gasteiger partial charge is 0.0923 e. The lowest BCUT2D eigenvalue weighted by Crippen LogP contribution is -2.13. The molecule has 1 heterocycles. The summed E-state index contributed by atoms with van der Waals surface area (Å²) >= 11 is 0. The highest BCUT2D eigenvalue weighted by Crippen LogP contribution is 2.36. The van der Waals surface area contributed by atoms with Crippen molar-refractivity contribution in [2.75, 3.05) is 0 Å². The van der Waals surface area contributed by atoms with Crippen LogP contribution >= 0.6 is 0 Å². The number of benzene rings is 3. The fraction of sp³-hybridized carbons (Fsp3) is 0.0870. The standard InChI is InChI=1S/C23H20N2O/c26-23(19-14-8-3-9-15-19)22(18-12-6-2-7-13-18)21-16-20(24-25-21)17-10-4-1-5-11-17/h1-16,22-23,26H,(H,24,25)/t22-,23-/m0/s1. The number of hydrogen-bond acceptors (Lipinski definition) is 2. The number of aromatic nitrogens is 2. The third kappa shape index (κ3) is 3.30. The molecule has 2 N–H and O–H groups in total. The Kier molecular flexibility index (Phi) is 4.63. The van der Waals surface area contributed by atoms with Crippen LogP contribution in [0.25, 0.3) is 11.3 Å². The Labute approximate surface area is 153 Å². The molecule has 0 saturated heterocycles. The maximum atomic E-state index is 11.1. The Morgan fingerprint density at radius 2 is 1.23 bits per heavy atom. The number of hydrogen-bond donors (Lipinski definition) is 2. The predicted octanol–water partition coefficient (Wildman–Crippen LogP) is 4.94. The maximum absolute atomic E-state index is 11.1. The van der Waals surface area contributed by atoms with Gasteiger partial charge in [-0.2, -0.15) is 5.10 Å². The fourth-order valence-corrected chi connectivity index (χ4v) is 3.29. The van der Waals surface area contributed by atoms with Gasteiger partial charge in [-0.3, -0.25) is 5.10 Å². The first-order chi connectivity index (χ1) is 12.8. The highest BCUT2D eigenvalue weighted by molar-refractivity contribution is 5.59. The molecule has 0 amide bonds. The average molecular weight is 340 g/mol. The van der Waals surface area contributed by atoms with Crippen LogP contribution in [0.5, 0.6) is 0 Å².